The Balaban J connectivity index is 2.82. The average Bonchev–Trinajstić information content (AvgIpc) is 2.23. The van der Waals surface area contributed by atoms with Crippen LogP contribution in [0.1, 0.15) is 32.8 Å². The first-order chi connectivity index (χ1) is 7.36. The summed E-state index contributed by atoms with van der Waals surface area (Å²) < 4.78 is 1.01. The van der Waals surface area contributed by atoms with Gasteiger partial charge in [0.25, 0.3) is 0 Å². The zero-order chi connectivity index (χ0) is 12.3. The van der Waals surface area contributed by atoms with Crippen LogP contribution < -0.4 is 5.32 Å². The van der Waals surface area contributed by atoms with Gasteiger partial charge in [-0.1, -0.05) is 42.8 Å². The Morgan fingerprint density at radius 2 is 2.06 bits per heavy atom. The predicted octanol–water partition coefficient (Wildman–Crippen LogP) is 4.13. The van der Waals surface area contributed by atoms with Gasteiger partial charge in [0.05, 0.1) is 0 Å². The highest BCUT2D eigenvalue weighted by Gasteiger charge is 2.25. The minimum Gasteiger partial charge on any atom is -0.326 e. The molecule has 88 valence electrons. The lowest BCUT2D eigenvalue weighted by atomic mass is 9.89. The molecule has 0 aliphatic rings. The number of hydrogen-bond donors (Lipinski definition) is 1. The highest BCUT2D eigenvalue weighted by Crippen LogP contribution is 2.25. The van der Waals surface area contributed by atoms with Gasteiger partial charge in [0.15, 0.2) is 0 Å². The normalized spacial score (nSPS) is 11.3. The lowest BCUT2D eigenvalue weighted by Gasteiger charge is -2.21. The van der Waals surface area contributed by atoms with Gasteiger partial charge >= 0.3 is 0 Å². The Hall–Kier alpha value is -0.830. The van der Waals surface area contributed by atoms with Gasteiger partial charge in [-0.3, -0.25) is 4.79 Å². The molecule has 0 aliphatic heterocycles. The number of rotatable bonds is 3. The standard InChI is InChI=1S/C13H18BrNO/c1-5-13(3,4)12(16)15-10-7-6-9(2)11(14)8-10/h6-8H,5H2,1-4H3,(H,15,16). The maximum Gasteiger partial charge on any atom is 0.230 e. The topological polar surface area (TPSA) is 29.1 Å². The van der Waals surface area contributed by atoms with Gasteiger partial charge in [-0.2, -0.15) is 0 Å². The second-order valence-corrected chi connectivity index (χ2v) is 5.51. The number of aryl methyl sites for hydroxylation is 1. The first-order valence-corrected chi connectivity index (χ1v) is 6.23. The molecular formula is C13H18BrNO. The molecule has 0 spiro atoms. The number of hydrogen-bond acceptors (Lipinski definition) is 1. The van der Waals surface area contributed by atoms with E-state index in [2.05, 4.69) is 21.2 Å². The quantitative estimate of drug-likeness (QED) is 0.888. The van der Waals surface area contributed by atoms with Gasteiger partial charge in [0, 0.05) is 15.6 Å². The third-order valence-corrected chi connectivity index (χ3v) is 3.78. The zero-order valence-electron chi connectivity index (χ0n) is 10.2. The van der Waals surface area contributed by atoms with E-state index in [-0.39, 0.29) is 11.3 Å². The van der Waals surface area contributed by atoms with Crippen molar-refractivity contribution in [3.63, 3.8) is 0 Å². The minimum atomic E-state index is -0.322. The Kier molecular flexibility index (Phi) is 4.14. The lowest BCUT2D eigenvalue weighted by Crippen LogP contribution is -2.29. The van der Waals surface area contributed by atoms with Crippen molar-refractivity contribution in [3.8, 4) is 0 Å². The maximum atomic E-state index is 11.9. The molecule has 0 radical (unpaired) electrons. The van der Waals surface area contributed by atoms with Crippen molar-refractivity contribution >= 4 is 27.5 Å². The van der Waals surface area contributed by atoms with Crippen LogP contribution in [0.3, 0.4) is 0 Å². The fraction of sp³-hybridized carbons (Fsp3) is 0.462. The smallest absolute Gasteiger partial charge is 0.230 e. The molecule has 16 heavy (non-hydrogen) atoms. The average molecular weight is 284 g/mol. The summed E-state index contributed by atoms with van der Waals surface area (Å²) >= 11 is 3.45. The number of halogens is 1. The molecule has 0 saturated carbocycles. The Morgan fingerprint density at radius 3 is 2.56 bits per heavy atom. The molecule has 0 aliphatic carbocycles. The van der Waals surface area contributed by atoms with E-state index in [1.165, 1.54) is 0 Å². The summed E-state index contributed by atoms with van der Waals surface area (Å²) in [7, 11) is 0. The SMILES string of the molecule is CCC(C)(C)C(=O)Nc1ccc(C)c(Br)c1. The van der Waals surface area contributed by atoms with E-state index in [9.17, 15) is 4.79 Å². The Bertz CT molecular complexity index is 399. The minimum absolute atomic E-state index is 0.0609. The number of anilines is 1. The molecule has 1 rings (SSSR count). The number of benzene rings is 1. The van der Waals surface area contributed by atoms with Crippen LogP contribution in [0, 0.1) is 12.3 Å². The second-order valence-electron chi connectivity index (χ2n) is 4.66. The third-order valence-electron chi connectivity index (χ3n) is 2.93. The molecule has 0 bridgehead atoms. The summed E-state index contributed by atoms with van der Waals surface area (Å²) in [4.78, 5) is 11.9. The van der Waals surface area contributed by atoms with Crippen LogP contribution in [-0.2, 0) is 4.79 Å². The van der Waals surface area contributed by atoms with Gasteiger partial charge < -0.3 is 5.32 Å². The third kappa shape index (κ3) is 3.08. The van der Waals surface area contributed by atoms with E-state index in [1.54, 1.807) is 0 Å². The summed E-state index contributed by atoms with van der Waals surface area (Å²) in [6, 6.07) is 5.83. The fourth-order valence-electron chi connectivity index (χ4n) is 1.13. The van der Waals surface area contributed by atoms with E-state index in [4.69, 9.17) is 0 Å². The van der Waals surface area contributed by atoms with Crippen LogP contribution in [0.2, 0.25) is 0 Å². The highest BCUT2D eigenvalue weighted by atomic mass is 79.9. The van der Waals surface area contributed by atoms with Crippen LogP contribution in [0.5, 0.6) is 0 Å². The van der Waals surface area contributed by atoms with Crippen molar-refractivity contribution < 1.29 is 4.79 Å². The van der Waals surface area contributed by atoms with Crippen molar-refractivity contribution in [2.75, 3.05) is 5.32 Å². The Morgan fingerprint density at radius 1 is 1.44 bits per heavy atom. The van der Waals surface area contributed by atoms with Crippen molar-refractivity contribution in [1.29, 1.82) is 0 Å². The molecular weight excluding hydrogens is 266 g/mol. The van der Waals surface area contributed by atoms with Crippen molar-refractivity contribution in [1.82, 2.24) is 0 Å². The Labute approximate surface area is 106 Å². The molecule has 0 atom stereocenters. The van der Waals surface area contributed by atoms with Crippen molar-refractivity contribution in [3.05, 3.63) is 28.2 Å². The maximum absolute atomic E-state index is 11.9. The molecule has 1 N–H and O–H groups in total. The van der Waals surface area contributed by atoms with Crippen LogP contribution in [0.25, 0.3) is 0 Å². The summed E-state index contributed by atoms with van der Waals surface area (Å²) in [6.07, 6.45) is 0.825. The monoisotopic (exact) mass is 283 g/mol. The predicted molar refractivity (Wildman–Crippen MR) is 71.6 cm³/mol. The van der Waals surface area contributed by atoms with E-state index in [0.717, 1.165) is 22.1 Å². The van der Waals surface area contributed by atoms with Crippen LogP contribution in [-0.4, -0.2) is 5.91 Å². The molecule has 2 nitrogen and oxygen atoms in total. The highest BCUT2D eigenvalue weighted by molar-refractivity contribution is 9.10. The molecule has 0 unspecified atom stereocenters. The molecule has 1 aromatic rings. The molecule has 1 amide bonds. The number of amides is 1. The summed E-state index contributed by atoms with van der Waals surface area (Å²) in [5.74, 6) is 0.0609. The fourth-order valence-corrected chi connectivity index (χ4v) is 1.51. The van der Waals surface area contributed by atoms with E-state index in [1.807, 2.05) is 45.9 Å². The molecule has 0 saturated heterocycles. The van der Waals surface area contributed by atoms with Gasteiger partial charge in [0.2, 0.25) is 5.91 Å². The van der Waals surface area contributed by atoms with Crippen LogP contribution in [0.4, 0.5) is 5.69 Å². The largest absolute Gasteiger partial charge is 0.326 e. The van der Waals surface area contributed by atoms with E-state index < -0.39 is 0 Å². The van der Waals surface area contributed by atoms with Gasteiger partial charge in [0.1, 0.15) is 0 Å². The van der Waals surface area contributed by atoms with Crippen molar-refractivity contribution in [2.24, 2.45) is 5.41 Å². The van der Waals surface area contributed by atoms with Gasteiger partial charge in [-0.15, -0.1) is 0 Å². The molecule has 1 aromatic carbocycles. The van der Waals surface area contributed by atoms with Crippen LogP contribution in [0.15, 0.2) is 22.7 Å². The summed E-state index contributed by atoms with van der Waals surface area (Å²) in [6.45, 7) is 7.94. The number of nitrogens with one attached hydrogen (secondary N) is 1. The second kappa shape index (κ2) is 5.00. The summed E-state index contributed by atoms with van der Waals surface area (Å²) in [5.41, 5.74) is 1.67. The molecule has 3 heteroatoms. The van der Waals surface area contributed by atoms with Gasteiger partial charge in [-0.25, -0.2) is 0 Å². The first kappa shape index (κ1) is 13.2. The van der Waals surface area contributed by atoms with Crippen molar-refractivity contribution in [2.45, 2.75) is 34.1 Å². The van der Waals surface area contributed by atoms with E-state index in [0.29, 0.717) is 0 Å². The number of carbonyl (C=O) groups is 1. The van der Waals surface area contributed by atoms with Gasteiger partial charge in [-0.05, 0) is 31.0 Å². The first-order valence-electron chi connectivity index (χ1n) is 5.44. The molecule has 0 fully saturated rings. The summed E-state index contributed by atoms with van der Waals surface area (Å²) in [5, 5.41) is 2.93. The van der Waals surface area contributed by atoms with Crippen LogP contribution >= 0.6 is 15.9 Å². The molecule has 0 aromatic heterocycles. The number of carbonyl (C=O) groups excluding carboxylic acids is 1. The molecule has 0 heterocycles. The zero-order valence-corrected chi connectivity index (χ0v) is 11.8. The lowest BCUT2D eigenvalue weighted by molar-refractivity contribution is -0.124. The van der Waals surface area contributed by atoms with E-state index >= 15 is 0 Å².